The zero-order chi connectivity index (χ0) is 21.4. The molecule has 0 aliphatic carbocycles. The van der Waals surface area contributed by atoms with E-state index < -0.39 is 5.60 Å². The summed E-state index contributed by atoms with van der Waals surface area (Å²) < 4.78 is 14.5. The van der Waals surface area contributed by atoms with Crippen molar-refractivity contribution in [1.29, 1.82) is 0 Å². The topological polar surface area (TPSA) is 45.2 Å². The third kappa shape index (κ3) is 4.83. The molecule has 2 fully saturated rings. The zero-order valence-corrected chi connectivity index (χ0v) is 19.6. The Balaban J connectivity index is 1.36. The molecule has 1 amide bonds. The van der Waals surface area contributed by atoms with E-state index in [1.807, 2.05) is 37.6 Å². The molecule has 7 heteroatoms. The van der Waals surface area contributed by atoms with Crippen molar-refractivity contribution in [3.05, 3.63) is 23.8 Å². The molecule has 2 saturated heterocycles. The minimum absolute atomic E-state index is 0.142. The molecule has 0 atom stereocenters. The lowest BCUT2D eigenvalue weighted by Crippen LogP contribution is -2.52. The highest BCUT2D eigenvalue weighted by atomic mass is 32.2. The van der Waals surface area contributed by atoms with Crippen molar-refractivity contribution in [3.63, 3.8) is 0 Å². The molecule has 0 unspecified atom stereocenters. The highest BCUT2D eigenvalue weighted by Crippen LogP contribution is 2.41. The zero-order valence-electron chi connectivity index (χ0n) is 18.8. The van der Waals surface area contributed by atoms with E-state index in [1.165, 1.54) is 11.3 Å². The second kappa shape index (κ2) is 8.50. The Bertz CT molecular complexity index is 763. The molecule has 30 heavy (non-hydrogen) atoms. The van der Waals surface area contributed by atoms with Crippen LogP contribution in [0.2, 0.25) is 0 Å². The summed E-state index contributed by atoms with van der Waals surface area (Å²) in [5.74, 6) is 1.03. The Morgan fingerprint density at radius 3 is 2.40 bits per heavy atom. The first-order chi connectivity index (χ1) is 14.3. The molecule has 1 aromatic rings. The van der Waals surface area contributed by atoms with Crippen LogP contribution in [0.5, 0.6) is 5.75 Å². The molecule has 6 nitrogen and oxygen atoms in total. The summed E-state index contributed by atoms with van der Waals surface area (Å²) in [5, 5.41) is 0. The second-order valence-corrected chi connectivity index (χ2v) is 10.5. The summed E-state index contributed by atoms with van der Waals surface area (Å²) in [6, 6.07) is 6.70. The monoisotopic (exact) mass is 433 g/mol. The van der Waals surface area contributed by atoms with E-state index >= 15 is 0 Å². The van der Waals surface area contributed by atoms with Crippen molar-refractivity contribution in [2.75, 3.05) is 50.4 Å². The van der Waals surface area contributed by atoms with Crippen LogP contribution in [0.15, 0.2) is 18.2 Å². The van der Waals surface area contributed by atoms with Crippen LogP contribution in [0.1, 0.15) is 45.6 Å². The first kappa shape index (κ1) is 21.6. The number of likely N-dealkylation sites (tertiary alicyclic amines) is 1. The summed E-state index contributed by atoms with van der Waals surface area (Å²) >= 11 is 1.84. The molecule has 0 N–H and O–H groups in total. The van der Waals surface area contributed by atoms with Gasteiger partial charge in [-0.2, -0.15) is 0 Å². The Hall–Kier alpha value is -1.60. The lowest BCUT2D eigenvalue weighted by molar-refractivity contribution is -0.0272. The third-order valence-electron chi connectivity index (χ3n) is 6.41. The standard InChI is InChI=1S/C23H35N3O3S/c1-22(2,3)29-21(27)25-11-9-23(10-12-25)8-7-18-17-19(5-6-20(18)28-23)24-13-15-26(30-4)16-14-24/h5-6,17H,7-16H2,1-4H3. The molecule has 0 aromatic heterocycles. The van der Waals surface area contributed by atoms with E-state index in [2.05, 4.69) is 33.7 Å². The fourth-order valence-corrected chi connectivity index (χ4v) is 5.14. The summed E-state index contributed by atoms with van der Waals surface area (Å²) in [7, 11) is 0. The molecule has 166 valence electrons. The van der Waals surface area contributed by atoms with Gasteiger partial charge in [0.25, 0.3) is 0 Å². The third-order valence-corrected chi connectivity index (χ3v) is 7.29. The van der Waals surface area contributed by atoms with Crippen LogP contribution in [0.4, 0.5) is 10.5 Å². The molecule has 3 aliphatic heterocycles. The van der Waals surface area contributed by atoms with Crippen LogP contribution in [0, 0.1) is 0 Å². The van der Waals surface area contributed by atoms with Crippen LogP contribution >= 0.6 is 11.9 Å². The van der Waals surface area contributed by atoms with Crippen molar-refractivity contribution in [2.45, 2.75) is 57.7 Å². The maximum atomic E-state index is 12.4. The molecule has 0 saturated carbocycles. The van der Waals surface area contributed by atoms with Crippen LogP contribution in [0.3, 0.4) is 0 Å². The minimum atomic E-state index is -0.452. The number of anilines is 1. The number of piperidine rings is 1. The second-order valence-electron chi connectivity index (χ2n) is 9.64. The highest BCUT2D eigenvalue weighted by molar-refractivity contribution is 7.96. The average molecular weight is 434 g/mol. The van der Waals surface area contributed by atoms with E-state index in [1.54, 1.807) is 0 Å². The lowest BCUT2D eigenvalue weighted by Gasteiger charge is -2.45. The largest absolute Gasteiger partial charge is 0.487 e. The number of nitrogens with zero attached hydrogens (tertiary/aromatic N) is 3. The predicted octanol–water partition coefficient (Wildman–Crippen LogP) is 4.18. The number of carbonyl (C=O) groups is 1. The van der Waals surface area contributed by atoms with Gasteiger partial charge in [0.15, 0.2) is 0 Å². The number of piperazine rings is 1. The summed E-state index contributed by atoms with van der Waals surface area (Å²) in [6.45, 7) is 11.5. The number of fused-ring (bicyclic) bond motifs is 1. The fraction of sp³-hybridized carbons (Fsp3) is 0.696. The van der Waals surface area contributed by atoms with Crippen molar-refractivity contribution < 1.29 is 14.3 Å². The van der Waals surface area contributed by atoms with Gasteiger partial charge in [-0.15, -0.1) is 0 Å². The van der Waals surface area contributed by atoms with Gasteiger partial charge in [-0.3, -0.25) is 0 Å². The van der Waals surface area contributed by atoms with E-state index in [0.29, 0.717) is 13.1 Å². The molecule has 0 bridgehead atoms. The van der Waals surface area contributed by atoms with Gasteiger partial charge >= 0.3 is 6.09 Å². The number of carbonyl (C=O) groups excluding carboxylic acids is 1. The van der Waals surface area contributed by atoms with Gasteiger partial charge in [0.2, 0.25) is 0 Å². The SMILES string of the molecule is CSN1CCN(c2ccc3c(c2)CCC2(CCN(C(=O)OC(C)(C)C)CC2)O3)CC1. The van der Waals surface area contributed by atoms with E-state index in [4.69, 9.17) is 9.47 Å². The number of rotatable bonds is 2. The lowest BCUT2D eigenvalue weighted by atomic mass is 9.83. The van der Waals surface area contributed by atoms with Crippen molar-refractivity contribution >= 4 is 23.7 Å². The van der Waals surface area contributed by atoms with Gasteiger partial charge in [-0.05, 0) is 63.6 Å². The van der Waals surface area contributed by atoms with Crippen LogP contribution < -0.4 is 9.64 Å². The highest BCUT2D eigenvalue weighted by Gasteiger charge is 2.41. The Morgan fingerprint density at radius 2 is 1.77 bits per heavy atom. The van der Waals surface area contributed by atoms with Gasteiger partial charge < -0.3 is 19.3 Å². The molecule has 3 heterocycles. The maximum Gasteiger partial charge on any atom is 0.410 e. The van der Waals surface area contributed by atoms with Crippen LogP contribution in [0.25, 0.3) is 0 Å². The molecule has 4 rings (SSSR count). The maximum absolute atomic E-state index is 12.4. The minimum Gasteiger partial charge on any atom is -0.487 e. The molecular weight excluding hydrogens is 398 g/mol. The Labute approximate surface area is 185 Å². The quantitative estimate of drug-likeness (QED) is 0.652. The number of ether oxygens (including phenoxy) is 2. The van der Waals surface area contributed by atoms with Gasteiger partial charge in [0.1, 0.15) is 17.0 Å². The van der Waals surface area contributed by atoms with Gasteiger partial charge in [-0.25, -0.2) is 9.10 Å². The Morgan fingerprint density at radius 1 is 1.07 bits per heavy atom. The van der Waals surface area contributed by atoms with Crippen LogP contribution in [-0.4, -0.2) is 72.0 Å². The number of amides is 1. The van der Waals surface area contributed by atoms with Crippen molar-refractivity contribution in [1.82, 2.24) is 9.21 Å². The molecule has 0 radical (unpaired) electrons. The van der Waals surface area contributed by atoms with E-state index in [-0.39, 0.29) is 11.7 Å². The fourth-order valence-electron chi connectivity index (χ4n) is 4.61. The average Bonchev–Trinajstić information content (AvgIpc) is 2.73. The molecule has 3 aliphatic rings. The van der Waals surface area contributed by atoms with Gasteiger partial charge in [0, 0.05) is 57.8 Å². The van der Waals surface area contributed by atoms with Crippen molar-refractivity contribution in [2.24, 2.45) is 0 Å². The predicted molar refractivity (Wildman–Crippen MR) is 122 cm³/mol. The normalized spacial score (nSPS) is 21.9. The first-order valence-electron chi connectivity index (χ1n) is 11.1. The smallest absolute Gasteiger partial charge is 0.410 e. The van der Waals surface area contributed by atoms with E-state index in [9.17, 15) is 4.79 Å². The number of hydrogen-bond donors (Lipinski definition) is 0. The first-order valence-corrected chi connectivity index (χ1v) is 12.3. The Kier molecular flexibility index (Phi) is 6.13. The number of hydrogen-bond acceptors (Lipinski definition) is 6. The summed E-state index contributed by atoms with van der Waals surface area (Å²) in [6.07, 6.45) is 5.74. The van der Waals surface area contributed by atoms with Crippen LogP contribution in [-0.2, 0) is 11.2 Å². The van der Waals surface area contributed by atoms with Crippen molar-refractivity contribution in [3.8, 4) is 5.75 Å². The summed E-state index contributed by atoms with van der Waals surface area (Å²) in [5.41, 5.74) is 2.04. The number of benzene rings is 1. The molecule has 1 spiro atoms. The van der Waals surface area contributed by atoms with E-state index in [0.717, 1.165) is 57.6 Å². The van der Waals surface area contributed by atoms with Gasteiger partial charge in [-0.1, -0.05) is 11.9 Å². The molecular formula is C23H35N3O3S. The van der Waals surface area contributed by atoms with Gasteiger partial charge in [0.05, 0.1) is 0 Å². The molecule has 1 aromatic carbocycles. The summed E-state index contributed by atoms with van der Waals surface area (Å²) in [4.78, 5) is 16.7. The number of aryl methyl sites for hydroxylation is 1.